The molecule has 0 radical (unpaired) electrons. The highest BCUT2D eigenvalue weighted by molar-refractivity contribution is 7.24. The predicted octanol–water partition coefficient (Wildman–Crippen LogP) is 3.89. The number of rotatable bonds is 2. The molecule has 5 nitrogen and oxygen atoms in total. The number of para-hydroxylation sites is 1. The second kappa shape index (κ2) is 5.58. The number of carbonyl (C=O) groups excluding carboxylic acids is 1. The Kier molecular flexibility index (Phi) is 3.51. The first-order chi connectivity index (χ1) is 11.6. The Labute approximate surface area is 145 Å². The van der Waals surface area contributed by atoms with Gasteiger partial charge < -0.3 is 4.74 Å². The Morgan fingerprint density at radius 1 is 1.33 bits per heavy atom. The van der Waals surface area contributed by atoms with Gasteiger partial charge in [-0.2, -0.15) is 0 Å². The van der Waals surface area contributed by atoms with Crippen LogP contribution in [0.5, 0.6) is 0 Å². The van der Waals surface area contributed by atoms with Gasteiger partial charge in [0.2, 0.25) is 5.43 Å². The monoisotopic (exact) mass is 358 g/mol. The molecule has 3 heterocycles. The topological polar surface area (TPSA) is 60.7 Å². The van der Waals surface area contributed by atoms with Crippen molar-refractivity contribution in [1.29, 1.82) is 0 Å². The number of carbonyl (C=O) groups is 1. The van der Waals surface area contributed by atoms with E-state index in [4.69, 9.17) is 16.3 Å². The number of pyridine rings is 2. The third kappa shape index (κ3) is 2.03. The lowest BCUT2D eigenvalue weighted by atomic mass is 10.2. The van der Waals surface area contributed by atoms with Crippen LogP contribution in [0.1, 0.15) is 17.3 Å². The summed E-state index contributed by atoms with van der Waals surface area (Å²) in [5.74, 6) is -0.645. The SMILES string of the molecule is CCOC(=O)c1c(=O)c2c(Cl)ccnc2n2c1sc1ccccc12. The van der Waals surface area contributed by atoms with E-state index < -0.39 is 11.4 Å². The van der Waals surface area contributed by atoms with Crippen LogP contribution in [-0.4, -0.2) is 22.0 Å². The zero-order valence-electron chi connectivity index (χ0n) is 12.6. The highest BCUT2D eigenvalue weighted by Gasteiger charge is 2.24. The number of hydrogen-bond donors (Lipinski definition) is 0. The van der Waals surface area contributed by atoms with E-state index in [1.54, 1.807) is 23.6 Å². The molecule has 0 spiro atoms. The summed E-state index contributed by atoms with van der Waals surface area (Å²) >= 11 is 7.59. The van der Waals surface area contributed by atoms with Gasteiger partial charge in [0.1, 0.15) is 10.4 Å². The minimum absolute atomic E-state index is 0.000417. The van der Waals surface area contributed by atoms with E-state index >= 15 is 0 Å². The molecule has 0 amide bonds. The van der Waals surface area contributed by atoms with Gasteiger partial charge in [0.15, 0.2) is 5.65 Å². The van der Waals surface area contributed by atoms with Crippen molar-refractivity contribution in [3.63, 3.8) is 0 Å². The first kappa shape index (κ1) is 15.1. The van der Waals surface area contributed by atoms with Crippen molar-refractivity contribution < 1.29 is 9.53 Å². The van der Waals surface area contributed by atoms with Crippen molar-refractivity contribution in [2.24, 2.45) is 0 Å². The minimum Gasteiger partial charge on any atom is -0.462 e. The minimum atomic E-state index is -0.645. The van der Waals surface area contributed by atoms with Crippen LogP contribution in [-0.2, 0) is 4.74 Å². The molecule has 24 heavy (non-hydrogen) atoms. The molecule has 0 N–H and O–H groups in total. The van der Waals surface area contributed by atoms with Crippen molar-refractivity contribution in [3.8, 4) is 0 Å². The maximum absolute atomic E-state index is 12.9. The van der Waals surface area contributed by atoms with Crippen molar-refractivity contribution >= 4 is 55.0 Å². The van der Waals surface area contributed by atoms with Crippen LogP contribution in [0.2, 0.25) is 5.02 Å². The molecule has 0 saturated carbocycles. The number of hydrogen-bond acceptors (Lipinski definition) is 5. The number of thiazole rings is 1. The van der Waals surface area contributed by atoms with Crippen LogP contribution in [0.15, 0.2) is 41.3 Å². The smallest absolute Gasteiger partial charge is 0.345 e. The standard InChI is InChI=1S/C17H11ClN2O3S/c1-2-23-17(22)13-14(21)12-9(18)7-8-19-15(12)20-10-5-3-4-6-11(10)24-16(13)20/h3-8H,2H2,1H3. The molecule has 0 aliphatic rings. The van der Waals surface area contributed by atoms with Gasteiger partial charge in [0.05, 0.1) is 27.2 Å². The van der Waals surface area contributed by atoms with E-state index in [1.807, 2.05) is 24.3 Å². The number of aromatic nitrogens is 2. The first-order valence-corrected chi connectivity index (χ1v) is 8.50. The summed E-state index contributed by atoms with van der Waals surface area (Å²) in [7, 11) is 0. The molecule has 120 valence electrons. The molecule has 3 aromatic heterocycles. The zero-order valence-corrected chi connectivity index (χ0v) is 14.1. The number of esters is 1. The molecule has 0 fully saturated rings. The van der Waals surface area contributed by atoms with Gasteiger partial charge in [-0.15, -0.1) is 11.3 Å². The molecule has 0 aliphatic heterocycles. The Morgan fingerprint density at radius 3 is 2.92 bits per heavy atom. The van der Waals surface area contributed by atoms with Crippen molar-refractivity contribution in [3.05, 3.63) is 57.3 Å². The zero-order chi connectivity index (χ0) is 16.8. The van der Waals surface area contributed by atoms with Gasteiger partial charge in [0, 0.05) is 6.20 Å². The molecule has 0 unspecified atom stereocenters. The Morgan fingerprint density at radius 2 is 2.12 bits per heavy atom. The average Bonchev–Trinajstić information content (AvgIpc) is 2.94. The van der Waals surface area contributed by atoms with E-state index in [0.29, 0.717) is 10.5 Å². The summed E-state index contributed by atoms with van der Waals surface area (Å²) in [5.41, 5.74) is 0.851. The lowest BCUT2D eigenvalue weighted by molar-refractivity contribution is 0.0527. The Hall–Kier alpha value is -2.44. The number of benzene rings is 1. The number of halogens is 1. The van der Waals surface area contributed by atoms with Gasteiger partial charge in [-0.25, -0.2) is 9.78 Å². The second-order valence-corrected chi connectivity index (χ2v) is 6.56. The molecule has 0 bridgehead atoms. The number of nitrogens with zero attached hydrogens (tertiary/aromatic N) is 2. The van der Waals surface area contributed by atoms with Crippen LogP contribution in [0.3, 0.4) is 0 Å². The molecular weight excluding hydrogens is 348 g/mol. The maximum Gasteiger partial charge on any atom is 0.345 e. The van der Waals surface area contributed by atoms with Gasteiger partial charge in [-0.3, -0.25) is 9.20 Å². The quantitative estimate of drug-likeness (QED) is 0.510. The predicted molar refractivity (Wildman–Crippen MR) is 95.3 cm³/mol. The van der Waals surface area contributed by atoms with Gasteiger partial charge in [-0.05, 0) is 25.1 Å². The first-order valence-electron chi connectivity index (χ1n) is 7.31. The molecule has 1 aromatic carbocycles. The number of ether oxygens (including phenoxy) is 1. The number of fused-ring (bicyclic) bond motifs is 5. The summed E-state index contributed by atoms with van der Waals surface area (Å²) in [5, 5.41) is 0.489. The normalized spacial score (nSPS) is 11.4. The molecule has 4 aromatic rings. The highest BCUT2D eigenvalue weighted by Crippen LogP contribution is 2.32. The van der Waals surface area contributed by atoms with E-state index in [0.717, 1.165) is 10.2 Å². The van der Waals surface area contributed by atoms with Crippen LogP contribution in [0, 0.1) is 0 Å². The summed E-state index contributed by atoms with van der Waals surface area (Å²) in [6.45, 7) is 1.89. The van der Waals surface area contributed by atoms with Gasteiger partial charge >= 0.3 is 5.97 Å². The fraction of sp³-hybridized carbons (Fsp3) is 0.118. The lowest BCUT2D eigenvalue weighted by Gasteiger charge is -2.08. The van der Waals surface area contributed by atoms with E-state index in [9.17, 15) is 9.59 Å². The van der Waals surface area contributed by atoms with Crippen molar-refractivity contribution in [2.75, 3.05) is 6.61 Å². The summed E-state index contributed by atoms with van der Waals surface area (Å²) in [6.07, 6.45) is 1.55. The summed E-state index contributed by atoms with van der Waals surface area (Å²) in [6, 6.07) is 9.19. The molecule has 7 heteroatoms. The largest absolute Gasteiger partial charge is 0.462 e. The fourth-order valence-corrected chi connectivity index (χ4v) is 4.17. The van der Waals surface area contributed by atoms with Crippen molar-refractivity contribution in [2.45, 2.75) is 6.92 Å². The summed E-state index contributed by atoms with van der Waals surface area (Å²) < 4.78 is 7.83. The third-order valence-electron chi connectivity index (χ3n) is 3.76. The maximum atomic E-state index is 12.9. The molecular formula is C17H11ClN2O3S. The average molecular weight is 359 g/mol. The Balaban J connectivity index is 2.32. The van der Waals surface area contributed by atoms with Gasteiger partial charge in [-0.1, -0.05) is 23.7 Å². The lowest BCUT2D eigenvalue weighted by Crippen LogP contribution is -2.20. The molecule has 4 rings (SSSR count). The van der Waals surface area contributed by atoms with Crippen LogP contribution in [0.4, 0.5) is 0 Å². The second-order valence-electron chi connectivity index (χ2n) is 5.13. The Bertz CT molecular complexity index is 1180. The highest BCUT2D eigenvalue weighted by atomic mass is 35.5. The van der Waals surface area contributed by atoms with Crippen LogP contribution < -0.4 is 5.43 Å². The molecule has 0 atom stereocenters. The van der Waals surface area contributed by atoms with E-state index in [1.165, 1.54) is 11.3 Å². The van der Waals surface area contributed by atoms with E-state index in [-0.39, 0.29) is 22.6 Å². The molecule has 0 saturated heterocycles. The van der Waals surface area contributed by atoms with Gasteiger partial charge in [0.25, 0.3) is 0 Å². The van der Waals surface area contributed by atoms with Crippen LogP contribution in [0.25, 0.3) is 26.1 Å². The van der Waals surface area contributed by atoms with Crippen molar-refractivity contribution in [1.82, 2.24) is 9.38 Å². The fourth-order valence-electron chi connectivity index (χ4n) is 2.77. The van der Waals surface area contributed by atoms with Crippen LogP contribution >= 0.6 is 22.9 Å². The summed E-state index contributed by atoms with van der Waals surface area (Å²) in [4.78, 5) is 30.2. The van der Waals surface area contributed by atoms with E-state index in [2.05, 4.69) is 4.98 Å². The third-order valence-corrected chi connectivity index (χ3v) is 5.22. The molecule has 0 aliphatic carbocycles.